The number of aromatic nitrogens is 1. The molecule has 0 saturated carbocycles. The Balaban J connectivity index is 1.98. The van der Waals surface area contributed by atoms with E-state index in [4.69, 9.17) is 23.5 Å². The van der Waals surface area contributed by atoms with Crippen LogP contribution < -0.4 is 18.9 Å². The molecule has 0 aliphatic heterocycles. The SMILES string of the molecule is COC(=O)c1ccc(OC)c(-c2cc(NS(=O)(=O)c3c(OC)cccc3OC)no2)c1. The second-order valence-corrected chi connectivity index (χ2v) is 7.70. The zero-order valence-electron chi connectivity index (χ0n) is 17.2. The van der Waals surface area contributed by atoms with E-state index < -0.39 is 16.0 Å². The Labute approximate surface area is 178 Å². The van der Waals surface area contributed by atoms with E-state index in [0.717, 1.165) is 0 Å². The van der Waals surface area contributed by atoms with Crippen molar-refractivity contribution in [3.63, 3.8) is 0 Å². The number of nitrogens with one attached hydrogen (secondary N) is 1. The fourth-order valence-corrected chi connectivity index (χ4v) is 4.17. The predicted octanol–water partition coefficient (Wildman–Crippen LogP) is 2.95. The van der Waals surface area contributed by atoms with Gasteiger partial charge in [-0.2, -0.15) is 0 Å². The summed E-state index contributed by atoms with van der Waals surface area (Å²) < 4.78 is 53.9. The van der Waals surface area contributed by atoms with Gasteiger partial charge in [0.1, 0.15) is 17.2 Å². The van der Waals surface area contributed by atoms with Crippen LogP contribution in [0.3, 0.4) is 0 Å². The van der Waals surface area contributed by atoms with Crippen LogP contribution in [0.25, 0.3) is 11.3 Å². The minimum absolute atomic E-state index is 0.0894. The van der Waals surface area contributed by atoms with Crippen LogP contribution in [0.15, 0.2) is 51.9 Å². The van der Waals surface area contributed by atoms with Crippen LogP contribution in [0.4, 0.5) is 5.82 Å². The summed E-state index contributed by atoms with van der Waals surface area (Å²) in [4.78, 5) is 11.7. The maximum absolute atomic E-state index is 13.0. The smallest absolute Gasteiger partial charge is 0.337 e. The van der Waals surface area contributed by atoms with Gasteiger partial charge in [0.15, 0.2) is 16.5 Å². The first-order chi connectivity index (χ1) is 14.8. The Morgan fingerprint density at radius 3 is 2.16 bits per heavy atom. The summed E-state index contributed by atoms with van der Waals surface area (Å²) in [6, 6.07) is 10.5. The summed E-state index contributed by atoms with van der Waals surface area (Å²) in [5.41, 5.74) is 0.647. The third kappa shape index (κ3) is 4.40. The molecule has 3 rings (SSSR count). The molecule has 31 heavy (non-hydrogen) atoms. The van der Waals surface area contributed by atoms with Crippen LogP contribution in [-0.4, -0.2) is 48.0 Å². The van der Waals surface area contributed by atoms with Crippen LogP contribution in [0, 0.1) is 0 Å². The average Bonchev–Trinajstić information content (AvgIpc) is 3.24. The molecule has 11 heteroatoms. The molecule has 0 aliphatic rings. The largest absolute Gasteiger partial charge is 0.496 e. The first kappa shape index (κ1) is 22.0. The van der Waals surface area contributed by atoms with Crippen molar-refractivity contribution < 1.29 is 36.7 Å². The Morgan fingerprint density at radius 1 is 0.935 bits per heavy atom. The summed E-state index contributed by atoms with van der Waals surface area (Å²) in [5, 5.41) is 3.77. The maximum Gasteiger partial charge on any atom is 0.337 e. The quantitative estimate of drug-likeness (QED) is 0.518. The molecule has 10 nitrogen and oxygen atoms in total. The third-order valence-electron chi connectivity index (χ3n) is 4.29. The van der Waals surface area contributed by atoms with Crippen molar-refractivity contribution in [3.05, 3.63) is 48.0 Å². The molecule has 0 unspecified atom stereocenters. The number of anilines is 1. The topological polar surface area (TPSA) is 126 Å². The fourth-order valence-electron chi connectivity index (χ4n) is 2.87. The Kier molecular flexibility index (Phi) is 6.35. The Morgan fingerprint density at radius 2 is 1.58 bits per heavy atom. The van der Waals surface area contributed by atoms with Crippen molar-refractivity contribution in [3.8, 4) is 28.6 Å². The van der Waals surface area contributed by atoms with Gasteiger partial charge in [0, 0.05) is 6.07 Å². The summed E-state index contributed by atoms with van der Waals surface area (Å²) in [6.45, 7) is 0. The van der Waals surface area contributed by atoms with Crippen molar-refractivity contribution in [1.29, 1.82) is 0 Å². The van der Waals surface area contributed by atoms with Crippen LogP contribution >= 0.6 is 0 Å². The van der Waals surface area contributed by atoms with Gasteiger partial charge < -0.3 is 23.5 Å². The molecule has 0 amide bonds. The van der Waals surface area contributed by atoms with E-state index in [-0.39, 0.29) is 33.5 Å². The Hall–Kier alpha value is -3.73. The average molecular weight is 448 g/mol. The summed E-state index contributed by atoms with van der Waals surface area (Å²) in [6.07, 6.45) is 0. The highest BCUT2D eigenvalue weighted by Crippen LogP contribution is 2.36. The molecule has 1 aromatic heterocycles. The summed E-state index contributed by atoms with van der Waals surface area (Å²) in [7, 11) is 1.28. The van der Waals surface area contributed by atoms with Gasteiger partial charge in [-0.3, -0.25) is 4.72 Å². The lowest BCUT2D eigenvalue weighted by Gasteiger charge is -2.13. The maximum atomic E-state index is 13.0. The van der Waals surface area contributed by atoms with Crippen molar-refractivity contribution in [2.24, 2.45) is 0 Å². The van der Waals surface area contributed by atoms with Gasteiger partial charge in [-0.05, 0) is 30.3 Å². The lowest BCUT2D eigenvalue weighted by molar-refractivity contribution is 0.0600. The van der Waals surface area contributed by atoms with E-state index in [1.807, 2.05) is 0 Å². The van der Waals surface area contributed by atoms with Crippen molar-refractivity contribution in [1.82, 2.24) is 5.16 Å². The molecule has 1 heterocycles. The molecule has 0 saturated heterocycles. The number of rotatable bonds is 8. The zero-order chi connectivity index (χ0) is 22.6. The molecule has 3 aromatic rings. The molecule has 0 fully saturated rings. The van der Waals surface area contributed by atoms with Gasteiger partial charge in [-0.15, -0.1) is 0 Å². The zero-order valence-corrected chi connectivity index (χ0v) is 18.0. The number of carbonyl (C=O) groups is 1. The minimum atomic E-state index is -4.14. The lowest BCUT2D eigenvalue weighted by atomic mass is 10.1. The Bertz CT molecular complexity index is 1180. The van der Waals surface area contributed by atoms with E-state index in [2.05, 4.69) is 9.88 Å². The van der Waals surface area contributed by atoms with Gasteiger partial charge in [0.05, 0.1) is 39.6 Å². The number of hydrogen-bond acceptors (Lipinski definition) is 9. The van der Waals surface area contributed by atoms with E-state index in [1.165, 1.54) is 58.8 Å². The molecular weight excluding hydrogens is 428 g/mol. The molecule has 0 aliphatic carbocycles. The van der Waals surface area contributed by atoms with Crippen LogP contribution in [0.2, 0.25) is 0 Å². The van der Waals surface area contributed by atoms with Gasteiger partial charge in [0.2, 0.25) is 0 Å². The molecule has 0 atom stereocenters. The number of ether oxygens (including phenoxy) is 4. The normalized spacial score (nSPS) is 11.0. The molecule has 1 N–H and O–H groups in total. The van der Waals surface area contributed by atoms with Crippen LogP contribution in [0.5, 0.6) is 17.2 Å². The van der Waals surface area contributed by atoms with Gasteiger partial charge in [-0.1, -0.05) is 11.2 Å². The first-order valence-electron chi connectivity index (χ1n) is 8.81. The molecule has 2 aromatic carbocycles. The highest BCUT2D eigenvalue weighted by atomic mass is 32.2. The monoisotopic (exact) mass is 448 g/mol. The number of esters is 1. The summed E-state index contributed by atoms with van der Waals surface area (Å²) in [5.74, 6) is 0.129. The second kappa shape index (κ2) is 8.96. The predicted molar refractivity (Wildman–Crippen MR) is 110 cm³/mol. The highest BCUT2D eigenvalue weighted by molar-refractivity contribution is 7.93. The van der Waals surface area contributed by atoms with Gasteiger partial charge in [-0.25, -0.2) is 13.2 Å². The van der Waals surface area contributed by atoms with E-state index in [1.54, 1.807) is 12.1 Å². The second-order valence-electron chi connectivity index (χ2n) is 6.08. The minimum Gasteiger partial charge on any atom is -0.496 e. The number of sulfonamides is 1. The van der Waals surface area contributed by atoms with Gasteiger partial charge in [0.25, 0.3) is 10.0 Å². The standard InChI is InChI=1S/C20H20N2O8S/c1-26-14-9-8-12(20(23)29-4)10-13(14)17-11-18(21-30-17)22-31(24,25)19-15(27-2)6-5-7-16(19)28-3/h5-11H,1-4H3,(H,21,22). The molecule has 164 valence electrons. The number of hydrogen-bond donors (Lipinski definition) is 1. The number of carbonyl (C=O) groups excluding carboxylic acids is 1. The highest BCUT2D eigenvalue weighted by Gasteiger charge is 2.26. The molecule has 0 spiro atoms. The van der Waals surface area contributed by atoms with Crippen LogP contribution in [0.1, 0.15) is 10.4 Å². The van der Waals surface area contributed by atoms with Gasteiger partial charge >= 0.3 is 5.97 Å². The fraction of sp³-hybridized carbons (Fsp3) is 0.200. The summed E-state index contributed by atoms with van der Waals surface area (Å²) >= 11 is 0. The van der Waals surface area contributed by atoms with E-state index in [0.29, 0.717) is 11.3 Å². The lowest BCUT2D eigenvalue weighted by Crippen LogP contribution is -2.15. The molecule has 0 radical (unpaired) electrons. The molecular formula is C20H20N2O8S. The van der Waals surface area contributed by atoms with Crippen molar-refractivity contribution in [2.45, 2.75) is 4.90 Å². The van der Waals surface area contributed by atoms with Crippen molar-refractivity contribution in [2.75, 3.05) is 33.2 Å². The number of nitrogens with zero attached hydrogens (tertiary/aromatic N) is 1. The first-order valence-corrected chi connectivity index (χ1v) is 10.3. The van der Waals surface area contributed by atoms with E-state index >= 15 is 0 Å². The van der Waals surface area contributed by atoms with E-state index in [9.17, 15) is 13.2 Å². The number of methoxy groups -OCH3 is 4. The third-order valence-corrected chi connectivity index (χ3v) is 5.70. The van der Waals surface area contributed by atoms with Crippen molar-refractivity contribution >= 4 is 21.8 Å². The molecule has 0 bridgehead atoms. The van der Waals surface area contributed by atoms with Crippen LogP contribution in [-0.2, 0) is 14.8 Å². The number of benzene rings is 2.